The molecule has 0 aliphatic carbocycles. The van der Waals surface area contributed by atoms with Gasteiger partial charge in [0, 0.05) is 97.1 Å². The number of carboxylic acids is 2. The average Bonchev–Trinajstić information content (AvgIpc) is 1.63. The Balaban J connectivity index is 0.000000666. The molecule has 142 heavy (non-hydrogen) atoms. The Morgan fingerprint density at radius 1 is 0.380 bits per heavy atom. The number of rotatable bonds is 50. The van der Waals surface area contributed by atoms with E-state index in [1.165, 1.54) is 35.3 Å². The monoisotopic (exact) mass is 2090 g/mol. The first kappa shape index (κ1) is 130. The number of halogens is 2. The molecule has 3 saturated heterocycles. The second-order valence-corrected chi connectivity index (χ2v) is 42.3. The number of nitrogens with one attached hydrogen (secondary N) is 5. The zero-order valence-corrected chi connectivity index (χ0v) is 92.2. The van der Waals surface area contributed by atoms with Gasteiger partial charge in [0.1, 0.15) is 30.2 Å². The number of nitrogens with two attached hydrogens (primary N) is 1. The molecule has 0 unspecified atom stereocenters. The molecule has 9 atom stereocenters. The van der Waals surface area contributed by atoms with E-state index in [9.17, 15) is 72.9 Å². The first-order valence-electron chi connectivity index (χ1n) is 49.2. The largest absolute Gasteiger partial charge is 1.00 e. The number of thiazole rings is 3. The van der Waals surface area contributed by atoms with Crippen molar-refractivity contribution >= 4 is 130 Å². The Morgan fingerprint density at radius 3 is 0.831 bits per heavy atom. The fraction of sp³-hybridized carbons (Fsp3) is 0.625. The molecule has 8 amide bonds. The smallest absolute Gasteiger partial charge is 0.870 e. The minimum atomic E-state index is -0.834. The number of hydrogen-bond donors (Lipinski definition) is 11. The van der Waals surface area contributed by atoms with Crippen molar-refractivity contribution in [3.63, 3.8) is 0 Å². The van der Waals surface area contributed by atoms with Crippen LogP contribution in [0.2, 0.25) is 0 Å². The van der Waals surface area contributed by atoms with Crippen LogP contribution in [0.15, 0.2) is 89.3 Å². The van der Waals surface area contributed by atoms with Gasteiger partial charge in [-0.2, -0.15) is 0 Å². The van der Waals surface area contributed by atoms with Crippen molar-refractivity contribution in [2.45, 2.75) is 369 Å². The number of carbonyl (C=O) groups excluding carboxylic acids is 10. The number of hydrogen-bond acceptors (Lipinski definition) is 25. The molecule has 32 nitrogen and oxygen atoms in total. The molecular formula is C104H159Cl2N12NaO20S3. The maximum Gasteiger partial charge on any atom is 1.00 e. The van der Waals surface area contributed by atoms with E-state index < -0.39 is 82.7 Å². The van der Waals surface area contributed by atoms with Gasteiger partial charge in [0.25, 0.3) is 0 Å². The summed E-state index contributed by atoms with van der Waals surface area (Å²) >= 11 is 4.77. The van der Waals surface area contributed by atoms with Gasteiger partial charge in [-0.3, -0.25) is 57.5 Å². The molecule has 3 fully saturated rings. The number of benzene rings is 3. The Bertz CT molecular complexity index is 4800. The third kappa shape index (κ3) is 46.5. The third-order valence-electron chi connectivity index (χ3n) is 25.0. The molecule has 13 N–H and O–H groups in total. The van der Waals surface area contributed by atoms with Gasteiger partial charge in [0.15, 0.2) is 0 Å². The van der Waals surface area contributed by atoms with Crippen LogP contribution in [-0.2, 0) is 86.6 Å². The number of carboxylic acid groups (broad SMARTS) is 2. The number of esters is 2. The number of aliphatic carboxylic acids is 2. The van der Waals surface area contributed by atoms with E-state index in [1.54, 1.807) is 34.0 Å². The zero-order chi connectivity index (χ0) is 102. The van der Waals surface area contributed by atoms with Gasteiger partial charge in [-0.1, -0.05) is 251 Å². The summed E-state index contributed by atoms with van der Waals surface area (Å²) in [7, 11) is 2.83. The van der Waals surface area contributed by atoms with Crippen LogP contribution in [0.25, 0.3) is 31.3 Å². The Kier molecular flexibility index (Phi) is 61.5. The number of nitrogens with zero attached hydrogens (tertiary/aromatic N) is 6. The summed E-state index contributed by atoms with van der Waals surface area (Å²) in [6.45, 7) is 24.0. The summed E-state index contributed by atoms with van der Waals surface area (Å²) < 4.78 is 9.21. The number of aliphatic hydroxyl groups excluding tert-OH is 3. The predicted molar refractivity (Wildman–Crippen MR) is 555 cm³/mol. The summed E-state index contributed by atoms with van der Waals surface area (Å²) in [5.74, 6) is -4.06. The minimum Gasteiger partial charge on any atom is -0.870 e. The molecule has 38 heteroatoms. The molecule has 3 aromatic heterocycles. The molecular weight excluding hydrogens is 1930 g/mol. The predicted octanol–water partition coefficient (Wildman–Crippen LogP) is 13.4. The number of unbranched alkanes of at least 4 members (excludes halogenated alkanes) is 21. The third-order valence-corrected chi connectivity index (χ3v) is 27.9. The van der Waals surface area contributed by atoms with Crippen molar-refractivity contribution in [1.29, 1.82) is 0 Å². The van der Waals surface area contributed by atoms with Gasteiger partial charge in [-0.05, 0) is 109 Å². The van der Waals surface area contributed by atoms with Crippen LogP contribution in [-0.4, -0.2) is 220 Å². The second-order valence-electron chi connectivity index (χ2n) is 39.7. The Hall–Kier alpha value is -8.43. The zero-order valence-electron chi connectivity index (χ0n) is 86.1. The van der Waals surface area contributed by atoms with Gasteiger partial charge >= 0.3 is 53.4 Å². The van der Waals surface area contributed by atoms with Gasteiger partial charge in [0.2, 0.25) is 47.3 Å². The summed E-state index contributed by atoms with van der Waals surface area (Å²) in [6, 6.07) is 19.1. The number of likely N-dealkylation sites (tertiary alicyclic amines) is 3. The van der Waals surface area contributed by atoms with Crippen LogP contribution in [0.5, 0.6) is 0 Å². The van der Waals surface area contributed by atoms with E-state index in [0.717, 1.165) is 200 Å². The summed E-state index contributed by atoms with van der Waals surface area (Å²) in [5, 5.41) is 62.7. The number of carbonyl (C=O) groups is 12. The minimum absolute atomic E-state index is 0. The van der Waals surface area contributed by atoms with Crippen LogP contribution in [0, 0.1) is 37.0 Å². The van der Waals surface area contributed by atoms with Crippen LogP contribution < -0.4 is 61.9 Å². The van der Waals surface area contributed by atoms with E-state index in [-0.39, 0.29) is 164 Å². The molecule has 0 radical (unpaired) electrons. The molecule has 6 aromatic rings. The topological polar surface area (TPSA) is 489 Å². The number of aryl methyl sites for hydroxylation is 3. The van der Waals surface area contributed by atoms with E-state index in [1.807, 2.05) is 172 Å². The van der Waals surface area contributed by atoms with E-state index in [0.29, 0.717) is 64.6 Å². The van der Waals surface area contributed by atoms with E-state index >= 15 is 0 Å². The van der Waals surface area contributed by atoms with Gasteiger partial charge in [0.05, 0.1) is 86.8 Å². The van der Waals surface area contributed by atoms with Crippen molar-refractivity contribution in [1.82, 2.24) is 56.2 Å². The fourth-order valence-electron chi connectivity index (χ4n) is 16.6. The van der Waals surface area contributed by atoms with Crippen molar-refractivity contribution in [2.24, 2.45) is 22.0 Å². The number of β-amino-alcohol motifs (C(OH)–C–C–N with tert-alkyl or cyclic N) is 3. The van der Waals surface area contributed by atoms with Gasteiger partial charge in [-0.15, -0.1) is 58.8 Å². The maximum atomic E-state index is 13.8. The van der Waals surface area contributed by atoms with Gasteiger partial charge < -0.3 is 87.5 Å². The molecule has 6 heterocycles. The number of aromatic nitrogens is 3. The molecule has 0 saturated carbocycles. The molecule has 3 aliphatic heterocycles. The summed E-state index contributed by atoms with van der Waals surface area (Å²) in [6.07, 6.45) is 23.9. The first-order valence-corrected chi connectivity index (χ1v) is 51.8. The first-order chi connectivity index (χ1) is 65.5. The van der Waals surface area contributed by atoms with Crippen molar-refractivity contribution < 1.29 is 128 Å². The van der Waals surface area contributed by atoms with E-state index in [2.05, 4.69) is 51.0 Å². The number of aliphatic hydroxyl groups is 3. The molecule has 0 bridgehead atoms. The normalized spacial score (nSPS) is 16.5. The summed E-state index contributed by atoms with van der Waals surface area (Å²) in [5.41, 5.74) is 18.9. The van der Waals surface area contributed by atoms with Crippen molar-refractivity contribution in [3.8, 4) is 31.3 Å². The van der Waals surface area contributed by atoms with Crippen molar-refractivity contribution in [3.05, 3.63) is 123 Å². The number of methoxy groups -OCH3 is 2. The van der Waals surface area contributed by atoms with Crippen LogP contribution >= 0.6 is 58.8 Å². The Labute approximate surface area is 886 Å². The molecule has 3 aliphatic rings. The molecule has 9 rings (SSSR count). The fourth-order valence-corrected chi connectivity index (χ4v) is 19.0. The van der Waals surface area contributed by atoms with Gasteiger partial charge in [-0.25, -0.2) is 15.0 Å². The van der Waals surface area contributed by atoms with Crippen LogP contribution in [0.3, 0.4) is 0 Å². The Morgan fingerprint density at radius 2 is 0.613 bits per heavy atom. The number of ether oxygens (including phenoxy) is 2. The van der Waals surface area contributed by atoms with E-state index in [4.69, 9.17) is 15.9 Å². The SMILES string of the molecule is COC(=O)CCCCCCCCCCC(=O)N[C@H](C(=O)N1C[C@H](O)C[C@H]1C(=O)NCc1ccc(-c2scnc2C)cc1)C(C)(C)C.COC(=O)CCCCCCCCCCC(=O)O.Cc1ncsc1-c1ccc(CNC(=O)[C@@H]2C[C@@H](O)CN2C(=O)[C@@H](N)C(C)(C)C)cc1.Cc1ncsc1-c1ccc(CNC(=O)[C@@H]2C[C@@H](O)CN2C(=O)[C@@H](NC(=O)CCCCCCCCCCC(=O)O)C(C)(C)C)cc1.Cl.Cl.[Na+].[OH-]. The quantitative estimate of drug-likeness (QED) is 0.00960. The van der Waals surface area contributed by atoms with Crippen LogP contribution in [0.4, 0.5) is 0 Å². The maximum absolute atomic E-state index is 13.8. The second kappa shape index (κ2) is 67.4. The summed E-state index contributed by atoms with van der Waals surface area (Å²) in [4.78, 5) is 169. The average molecular weight is 2090 g/mol. The molecule has 3 aromatic carbocycles. The molecule has 0 spiro atoms. The van der Waals surface area contributed by atoms with Crippen molar-refractivity contribution in [2.75, 3.05) is 33.9 Å². The standard InChI is InChI=1S/C35H52N4O6S.C34H50N4O6S.C22H30N4O3S.C13H24O4.2ClH.Na.H2O/c1-24-31(46-23-37-24)26-18-16-25(17-19-26)21-36-33(43)28-20-27(40)22-39(28)34(44)32(35(2,3)4)38-29(41)14-12-10-8-6-7-9-11-13-15-30(42)45-5;1-23-30(45-22-36-23)25-17-15-24(16-18-25)20-35-32(43)27-19-26(39)21-38(27)33(44)31(34(2,3)4)37-28(40)13-11-9-7-5-6-8-10-12-14-29(41)42;1-13-18(30-12-25-13)15-7-5-14(6-8-15)10-24-20(28)17-9-16(27)11-26(17)21(29)19(23)22(2,3)4;1-17-13(16)11-9-7-5-3-2-4-6-8-10-12(14)15;;;;/h16-19,23,27-28,32,40H,6-15,20-22H2,1-5H3,(H,36,43)(H,38,41);15-18,22,26-27,31,39H,5-14,19-21H2,1-4H3,(H,35,43)(H,37,40)(H,41,42);5-8,12,16-17,19,27H,9-11,23H2,1-4H3,(H,24,28);2-11H2,1H3,(H,14,15);2*1H;;1H2/q;;;;;;+1;/p-1/t27-,28+,32-;26-,27+,31-;16-,17+,19-;;;;;/m111...../s1. The number of amides is 8. The van der Waals surface area contributed by atoms with Crippen LogP contribution in [0.1, 0.15) is 308 Å². The molecule has 788 valence electrons.